The number of hydrogen-bond donors (Lipinski definition) is 3. The molecule has 0 amide bonds. The summed E-state index contributed by atoms with van der Waals surface area (Å²) in [6.07, 6.45) is 0. The first kappa shape index (κ1) is 8.23. The SMILES string of the molecule is Sc1cc2[nH]c3cc(S)sc3c2s1. The molecule has 5 heteroatoms. The number of H-pyrrole nitrogens is 1. The van der Waals surface area contributed by atoms with E-state index in [0.29, 0.717) is 0 Å². The molecule has 0 unspecified atom stereocenters. The normalized spacial score (nSPS) is 11.8. The van der Waals surface area contributed by atoms with Gasteiger partial charge in [-0.1, -0.05) is 0 Å². The Labute approximate surface area is 93.6 Å². The van der Waals surface area contributed by atoms with Crippen molar-refractivity contribution >= 4 is 68.4 Å². The summed E-state index contributed by atoms with van der Waals surface area (Å²) in [4.78, 5) is 3.34. The number of nitrogens with one attached hydrogen (secondary N) is 1. The van der Waals surface area contributed by atoms with Crippen LogP contribution in [0.3, 0.4) is 0 Å². The minimum Gasteiger partial charge on any atom is -0.353 e. The summed E-state index contributed by atoms with van der Waals surface area (Å²) in [7, 11) is 0. The van der Waals surface area contributed by atoms with Crippen LogP contribution in [0.25, 0.3) is 20.4 Å². The van der Waals surface area contributed by atoms with Crippen molar-refractivity contribution < 1.29 is 0 Å². The number of hydrogen-bond acceptors (Lipinski definition) is 4. The topological polar surface area (TPSA) is 15.8 Å². The molecule has 0 aliphatic carbocycles. The van der Waals surface area contributed by atoms with Gasteiger partial charge in [-0.05, 0) is 12.1 Å². The number of fused-ring (bicyclic) bond motifs is 3. The van der Waals surface area contributed by atoms with Gasteiger partial charge in [0, 0.05) is 0 Å². The van der Waals surface area contributed by atoms with Gasteiger partial charge in [0.1, 0.15) is 0 Å². The molecule has 0 fully saturated rings. The van der Waals surface area contributed by atoms with E-state index in [0.717, 1.165) is 8.42 Å². The van der Waals surface area contributed by atoms with Gasteiger partial charge in [-0.15, -0.1) is 47.9 Å². The average molecular weight is 243 g/mol. The molecule has 1 N–H and O–H groups in total. The van der Waals surface area contributed by atoms with Crippen LogP contribution in [0.1, 0.15) is 0 Å². The third kappa shape index (κ3) is 1.15. The highest BCUT2D eigenvalue weighted by Crippen LogP contribution is 2.39. The number of aromatic nitrogens is 1. The van der Waals surface area contributed by atoms with Gasteiger partial charge in [-0.3, -0.25) is 0 Å². The highest BCUT2D eigenvalue weighted by molar-refractivity contribution is 7.83. The van der Waals surface area contributed by atoms with E-state index in [1.807, 2.05) is 0 Å². The van der Waals surface area contributed by atoms with Crippen LogP contribution in [-0.2, 0) is 0 Å². The lowest BCUT2D eigenvalue weighted by molar-refractivity contribution is 1.54. The highest BCUT2D eigenvalue weighted by Gasteiger charge is 2.09. The molecule has 13 heavy (non-hydrogen) atoms. The van der Waals surface area contributed by atoms with Gasteiger partial charge in [-0.2, -0.15) is 0 Å². The Balaban J connectivity index is 2.56. The molecule has 3 rings (SSSR count). The molecule has 0 bridgehead atoms. The third-order valence-corrected chi connectivity index (χ3v) is 4.76. The van der Waals surface area contributed by atoms with Gasteiger partial charge >= 0.3 is 0 Å². The molecular formula is C8H5NS4. The zero-order valence-electron chi connectivity index (χ0n) is 6.37. The molecule has 0 radical (unpaired) electrons. The first-order valence-corrected chi connectivity index (χ1v) is 6.20. The van der Waals surface area contributed by atoms with Crippen LogP contribution in [0.2, 0.25) is 0 Å². The molecule has 0 saturated heterocycles. The number of thiophene rings is 2. The number of thiol groups is 2. The Bertz CT molecular complexity index is 535. The predicted molar refractivity (Wildman–Crippen MR) is 66.1 cm³/mol. The van der Waals surface area contributed by atoms with Gasteiger partial charge < -0.3 is 4.98 Å². The molecule has 0 saturated carbocycles. The van der Waals surface area contributed by atoms with Crippen LogP contribution < -0.4 is 0 Å². The second kappa shape index (κ2) is 2.70. The zero-order valence-corrected chi connectivity index (χ0v) is 9.79. The molecule has 1 nitrogen and oxygen atoms in total. The van der Waals surface area contributed by atoms with E-state index in [2.05, 4.69) is 42.4 Å². The van der Waals surface area contributed by atoms with Crippen molar-refractivity contribution in [2.45, 2.75) is 8.42 Å². The Morgan fingerprint density at radius 1 is 0.923 bits per heavy atom. The van der Waals surface area contributed by atoms with Gasteiger partial charge in [0.25, 0.3) is 0 Å². The third-order valence-electron chi connectivity index (χ3n) is 1.91. The predicted octanol–water partition coefficient (Wildman–Crippen LogP) is 4.02. The molecule has 3 aromatic heterocycles. The lowest BCUT2D eigenvalue weighted by Gasteiger charge is -1.75. The van der Waals surface area contributed by atoms with Crippen LogP contribution >= 0.6 is 47.9 Å². The Morgan fingerprint density at radius 2 is 1.38 bits per heavy atom. The smallest absolute Gasteiger partial charge is 0.0711 e. The van der Waals surface area contributed by atoms with Crippen LogP contribution in [-0.4, -0.2) is 4.98 Å². The maximum atomic E-state index is 4.33. The van der Waals surface area contributed by atoms with Crippen LogP contribution in [0, 0.1) is 0 Å². The second-order valence-corrected chi connectivity index (χ2v) is 6.45. The minimum absolute atomic E-state index is 1.05. The van der Waals surface area contributed by atoms with Crippen LogP contribution in [0.5, 0.6) is 0 Å². The summed E-state index contributed by atoms with van der Waals surface area (Å²) in [6, 6.07) is 4.13. The van der Waals surface area contributed by atoms with E-state index in [-0.39, 0.29) is 0 Å². The molecule has 0 aliphatic heterocycles. The summed E-state index contributed by atoms with van der Waals surface area (Å²) in [5.74, 6) is 0. The van der Waals surface area contributed by atoms with E-state index in [1.54, 1.807) is 22.7 Å². The molecular weight excluding hydrogens is 238 g/mol. The van der Waals surface area contributed by atoms with E-state index in [9.17, 15) is 0 Å². The van der Waals surface area contributed by atoms with Gasteiger partial charge in [-0.25, -0.2) is 0 Å². The van der Waals surface area contributed by atoms with E-state index in [1.165, 1.54) is 20.4 Å². The van der Waals surface area contributed by atoms with Crippen molar-refractivity contribution in [3.63, 3.8) is 0 Å². The number of aromatic amines is 1. The second-order valence-electron chi connectivity index (χ2n) is 2.78. The Kier molecular flexibility index (Phi) is 1.71. The maximum absolute atomic E-state index is 4.33. The summed E-state index contributed by atoms with van der Waals surface area (Å²) < 4.78 is 4.70. The van der Waals surface area contributed by atoms with E-state index in [4.69, 9.17) is 0 Å². The monoisotopic (exact) mass is 243 g/mol. The summed E-state index contributed by atoms with van der Waals surface area (Å²) in [5.41, 5.74) is 2.37. The fourth-order valence-electron chi connectivity index (χ4n) is 1.42. The first-order valence-electron chi connectivity index (χ1n) is 3.67. The number of rotatable bonds is 0. The lowest BCUT2D eigenvalue weighted by atomic mass is 10.5. The standard InChI is InChI=1S/C8H5NS4/c10-5-1-3-7(12-5)8-4(9-3)2-6(11)13-8/h1-2,9-11H. The summed E-state index contributed by atoms with van der Waals surface area (Å²) >= 11 is 12.1. The molecule has 0 spiro atoms. The minimum atomic E-state index is 1.05. The fourth-order valence-corrected chi connectivity index (χ4v) is 4.10. The van der Waals surface area contributed by atoms with Crippen molar-refractivity contribution in [1.82, 2.24) is 4.98 Å². The molecule has 0 aliphatic rings. The van der Waals surface area contributed by atoms with Crippen molar-refractivity contribution in [1.29, 1.82) is 0 Å². The van der Waals surface area contributed by atoms with Gasteiger partial charge in [0.15, 0.2) is 0 Å². The van der Waals surface area contributed by atoms with E-state index < -0.39 is 0 Å². The highest BCUT2D eigenvalue weighted by atomic mass is 32.2. The molecule has 0 aromatic carbocycles. The fraction of sp³-hybridized carbons (Fsp3) is 0. The average Bonchev–Trinajstić information content (AvgIpc) is 2.60. The molecule has 66 valence electrons. The first-order chi connectivity index (χ1) is 6.24. The maximum Gasteiger partial charge on any atom is 0.0711 e. The van der Waals surface area contributed by atoms with Crippen molar-refractivity contribution in [2.75, 3.05) is 0 Å². The van der Waals surface area contributed by atoms with Crippen LogP contribution in [0.4, 0.5) is 0 Å². The Morgan fingerprint density at radius 3 is 1.85 bits per heavy atom. The summed E-state index contributed by atoms with van der Waals surface area (Å²) in [6.45, 7) is 0. The zero-order chi connectivity index (χ0) is 9.00. The van der Waals surface area contributed by atoms with Crippen molar-refractivity contribution in [2.24, 2.45) is 0 Å². The van der Waals surface area contributed by atoms with Gasteiger partial charge in [0.2, 0.25) is 0 Å². The molecule has 3 aromatic rings. The van der Waals surface area contributed by atoms with Crippen LogP contribution in [0.15, 0.2) is 20.6 Å². The largest absolute Gasteiger partial charge is 0.353 e. The molecule has 0 atom stereocenters. The summed E-state index contributed by atoms with van der Waals surface area (Å²) in [5, 5.41) is 0. The lowest BCUT2D eigenvalue weighted by Crippen LogP contribution is -1.57. The van der Waals surface area contributed by atoms with E-state index >= 15 is 0 Å². The van der Waals surface area contributed by atoms with Crippen molar-refractivity contribution in [3.8, 4) is 0 Å². The molecule has 3 heterocycles. The quantitative estimate of drug-likeness (QED) is 0.495. The Hall–Kier alpha value is -0.100. The van der Waals surface area contributed by atoms with Gasteiger partial charge in [0.05, 0.1) is 28.9 Å². The van der Waals surface area contributed by atoms with Crippen molar-refractivity contribution in [3.05, 3.63) is 12.1 Å².